The molecule has 0 aliphatic heterocycles. The van der Waals surface area contributed by atoms with Crippen molar-refractivity contribution in [2.75, 3.05) is 14.2 Å². The minimum absolute atomic E-state index is 0.205. The number of nitrogens with one attached hydrogen (secondary N) is 1. The summed E-state index contributed by atoms with van der Waals surface area (Å²) in [5.41, 5.74) is 1.28. The summed E-state index contributed by atoms with van der Waals surface area (Å²) in [6.45, 7) is 2.23. The maximum Gasteiger partial charge on any atom is 0.251 e. The number of carbonyl (C=O) groups is 1. The smallest absolute Gasteiger partial charge is 0.251 e. The molecule has 0 aliphatic rings. The van der Waals surface area contributed by atoms with E-state index in [4.69, 9.17) is 13.9 Å². The van der Waals surface area contributed by atoms with Crippen LogP contribution in [-0.4, -0.2) is 20.1 Å². The highest BCUT2D eigenvalue weighted by Gasteiger charge is 2.15. The van der Waals surface area contributed by atoms with Gasteiger partial charge in [0, 0.05) is 11.1 Å². The lowest BCUT2D eigenvalue weighted by Crippen LogP contribution is -2.22. The molecule has 5 nitrogen and oxygen atoms in total. The molecule has 22 heavy (non-hydrogen) atoms. The largest absolute Gasteiger partial charge is 0.493 e. The summed E-state index contributed by atoms with van der Waals surface area (Å²) in [4.78, 5) is 12.3. The topological polar surface area (TPSA) is 60.7 Å². The van der Waals surface area contributed by atoms with Crippen LogP contribution in [0.5, 0.6) is 11.5 Å². The zero-order valence-electron chi connectivity index (χ0n) is 12.9. The average Bonchev–Trinajstić information content (AvgIpc) is 3.05. The molecule has 0 saturated heterocycles. The van der Waals surface area contributed by atoms with Crippen LogP contribution in [0.4, 0.5) is 0 Å². The highest BCUT2D eigenvalue weighted by molar-refractivity contribution is 5.95. The molecule has 116 valence electrons. The quantitative estimate of drug-likeness (QED) is 0.889. The first kappa shape index (κ1) is 15.7. The van der Waals surface area contributed by atoms with E-state index in [0.717, 1.165) is 5.56 Å². The Labute approximate surface area is 129 Å². The van der Waals surface area contributed by atoms with Gasteiger partial charge in [0.05, 0.1) is 27.0 Å². The molecule has 1 aromatic carbocycles. The normalized spacial score (nSPS) is 10.7. The summed E-state index contributed by atoms with van der Waals surface area (Å²) in [7, 11) is 3.11. The molecule has 1 amide bonds. The van der Waals surface area contributed by atoms with Crippen molar-refractivity contribution in [3.63, 3.8) is 0 Å². The van der Waals surface area contributed by atoms with Gasteiger partial charge in [0.15, 0.2) is 11.5 Å². The van der Waals surface area contributed by atoms with E-state index in [1.807, 2.05) is 19.1 Å². The Morgan fingerprint density at radius 1 is 1.32 bits per heavy atom. The van der Waals surface area contributed by atoms with Crippen LogP contribution in [0.2, 0.25) is 0 Å². The van der Waals surface area contributed by atoms with Gasteiger partial charge in [-0.25, -0.2) is 0 Å². The molecule has 0 spiro atoms. The van der Waals surface area contributed by atoms with Gasteiger partial charge >= 0.3 is 0 Å². The van der Waals surface area contributed by atoms with E-state index >= 15 is 0 Å². The maximum absolute atomic E-state index is 12.3. The molecule has 0 atom stereocenters. The highest BCUT2D eigenvalue weighted by atomic mass is 16.5. The predicted octanol–water partition coefficient (Wildman–Crippen LogP) is 3.26. The van der Waals surface area contributed by atoms with Gasteiger partial charge in [0.1, 0.15) is 5.76 Å². The minimum atomic E-state index is -0.205. The summed E-state index contributed by atoms with van der Waals surface area (Å²) in [5.74, 6) is 1.61. The molecule has 0 radical (unpaired) electrons. The molecule has 2 aromatic rings. The molecule has 1 heterocycles. The molecule has 2 rings (SSSR count). The Kier molecular flexibility index (Phi) is 5.25. The lowest BCUT2D eigenvalue weighted by molar-refractivity contribution is 0.0947. The number of ether oxygens (including phenoxy) is 2. The number of hydrogen-bond acceptors (Lipinski definition) is 4. The Balaban J connectivity index is 2.25. The van der Waals surface area contributed by atoms with Crippen LogP contribution >= 0.6 is 0 Å². The van der Waals surface area contributed by atoms with Crippen molar-refractivity contribution in [2.45, 2.75) is 13.5 Å². The zero-order valence-corrected chi connectivity index (χ0v) is 12.9. The van der Waals surface area contributed by atoms with Crippen molar-refractivity contribution in [1.29, 1.82) is 0 Å². The molecule has 5 heteroatoms. The molecule has 0 unspecified atom stereocenters. The van der Waals surface area contributed by atoms with Crippen LogP contribution in [0.15, 0.2) is 41.0 Å². The Morgan fingerprint density at radius 3 is 2.73 bits per heavy atom. The summed E-state index contributed by atoms with van der Waals surface area (Å²) in [5, 5.41) is 2.81. The van der Waals surface area contributed by atoms with Crippen LogP contribution in [0, 0.1) is 0 Å². The number of rotatable bonds is 6. The Bertz CT molecular complexity index is 660. The summed E-state index contributed by atoms with van der Waals surface area (Å²) >= 11 is 0. The van der Waals surface area contributed by atoms with Crippen molar-refractivity contribution < 1.29 is 18.7 Å². The van der Waals surface area contributed by atoms with Gasteiger partial charge in [0.25, 0.3) is 5.91 Å². The van der Waals surface area contributed by atoms with Gasteiger partial charge < -0.3 is 19.2 Å². The van der Waals surface area contributed by atoms with E-state index in [2.05, 4.69) is 5.32 Å². The monoisotopic (exact) mass is 301 g/mol. The molecule has 1 N–H and O–H groups in total. The fraction of sp³-hybridized carbons (Fsp3) is 0.235. The number of methoxy groups -OCH3 is 2. The SMILES string of the molecule is CC=Cc1cc(C(=O)NCc2ccco2)cc(OC)c1OC. The van der Waals surface area contributed by atoms with Crippen LogP contribution in [0.25, 0.3) is 6.08 Å². The first-order valence-corrected chi connectivity index (χ1v) is 6.89. The number of amides is 1. The number of allylic oxidation sites excluding steroid dienone is 1. The summed E-state index contributed by atoms with van der Waals surface area (Å²) in [6, 6.07) is 7.00. The van der Waals surface area contributed by atoms with Gasteiger partial charge in [-0.3, -0.25) is 4.79 Å². The summed E-state index contributed by atoms with van der Waals surface area (Å²) in [6.07, 6.45) is 5.31. The first-order valence-electron chi connectivity index (χ1n) is 6.89. The third kappa shape index (κ3) is 3.49. The van der Waals surface area contributed by atoms with E-state index in [0.29, 0.717) is 29.4 Å². The van der Waals surface area contributed by atoms with Crippen molar-refractivity contribution in [3.8, 4) is 11.5 Å². The fourth-order valence-electron chi connectivity index (χ4n) is 2.11. The summed E-state index contributed by atoms with van der Waals surface area (Å²) < 4.78 is 15.9. The third-order valence-corrected chi connectivity index (χ3v) is 3.12. The van der Waals surface area contributed by atoms with Gasteiger partial charge in [0.2, 0.25) is 0 Å². The standard InChI is InChI=1S/C17H19NO4/c1-4-6-12-9-13(10-15(20-2)16(12)21-3)17(19)18-11-14-7-5-8-22-14/h4-10H,11H2,1-3H3,(H,18,19). The van der Waals surface area contributed by atoms with Crippen molar-refractivity contribution in [1.82, 2.24) is 5.32 Å². The van der Waals surface area contributed by atoms with E-state index in [1.54, 1.807) is 44.7 Å². The Morgan fingerprint density at radius 2 is 2.14 bits per heavy atom. The Hall–Kier alpha value is -2.69. The van der Waals surface area contributed by atoms with Crippen LogP contribution < -0.4 is 14.8 Å². The number of hydrogen-bond donors (Lipinski definition) is 1. The first-order chi connectivity index (χ1) is 10.7. The van der Waals surface area contributed by atoms with Gasteiger partial charge in [-0.15, -0.1) is 0 Å². The molecular formula is C17H19NO4. The molecule has 1 aromatic heterocycles. The minimum Gasteiger partial charge on any atom is -0.493 e. The predicted molar refractivity (Wildman–Crippen MR) is 84.1 cm³/mol. The van der Waals surface area contributed by atoms with Crippen LogP contribution in [0.3, 0.4) is 0 Å². The average molecular weight is 301 g/mol. The van der Waals surface area contributed by atoms with E-state index in [-0.39, 0.29) is 5.91 Å². The van der Waals surface area contributed by atoms with Crippen LogP contribution in [-0.2, 0) is 6.54 Å². The second kappa shape index (κ2) is 7.36. The molecule has 0 saturated carbocycles. The van der Waals surface area contributed by atoms with E-state index < -0.39 is 0 Å². The number of furan rings is 1. The van der Waals surface area contributed by atoms with E-state index in [1.165, 1.54) is 0 Å². The molecule has 0 bridgehead atoms. The fourth-order valence-corrected chi connectivity index (χ4v) is 2.11. The maximum atomic E-state index is 12.3. The lowest BCUT2D eigenvalue weighted by Gasteiger charge is -2.13. The second-order valence-electron chi connectivity index (χ2n) is 4.56. The molecular weight excluding hydrogens is 282 g/mol. The van der Waals surface area contributed by atoms with Gasteiger partial charge in [-0.05, 0) is 31.2 Å². The van der Waals surface area contributed by atoms with Crippen molar-refractivity contribution in [2.24, 2.45) is 0 Å². The van der Waals surface area contributed by atoms with Crippen molar-refractivity contribution >= 4 is 12.0 Å². The van der Waals surface area contributed by atoms with Gasteiger partial charge in [-0.2, -0.15) is 0 Å². The van der Waals surface area contributed by atoms with Crippen molar-refractivity contribution in [3.05, 3.63) is 53.5 Å². The number of benzene rings is 1. The van der Waals surface area contributed by atoms with Gasteiger partial charge in [-0.1, -0.05) is 12.2 Å². The second-order valence-corrected chi connectivity index (χ2v) is 4.56. The number of carbonyl (C=O) groups excluding carboxylic acids is 1. The third-order valence-electron chi connectivity index (χ3n) is 3.12. The zero-order chi connectivity index (χ0) is 15.9. The highest BCUT2D eigenvalue weighted by Crippen LogP contribution is 2.33. The molecule has 0 fully saturated rings. The molecule has 0 aliphatic carbocycles. The van der Waals surface area contributed by atoms with Crippen LogP contribution in [0.1, 0.15) is 28.6 Å². The van der Waals surface area contributed by atoms with E-state index in [9.17, 15) is 4.79 Å². The lowest BCUT2D eigenvalue weighted by atomic mass is 10.1.